The van der Waals surface area contributed by atoms with Crippen molar-refractivity contribution in [2.75, 3.05) is 12.4 Å². The van der Waals surface area contributed by atoms with Gasteiger partial charge in [-0.25, -0.2) is 4.79 Å². The number of rotatable bonds is 3. The van der Waals surface area contributed by atoms with Crippen molar-refractivity contribution in [2.45, 2.75) is 12.8 Å². The van der Waals surface area contributed by atoms with E-state index in [-0.39, 0.29) is 5.91 Å². The first-order valence-electron chi connectivity index (χ1n) is 8.77. The van der Waals surface area contributed by atoms with E-state index in [0.29, 0.717) is 5.56 Å². The van der Waals surface area contributed by atoms with Crippen molar-refractivity contribution in [1.82, 2.24) is 0 Å². The van der Waals surface area contributed by atoms with Gasteiger partial charge in [0, 0.05) is 5.69 Å². The van der Waals surface area contributed by atoms with Crippen molar-refractivity contribution in [3.8, 4) is 11.1 Å². The van der Waals surface area contributed by atoms with Gasteiger partial charge in [-0.1, -0.05) is 48.0 Å². The van der Waals surface area contributed by atoms with E-state index in [1.807, 2.05) is 61.5 Å². The highest BCUT2D eigenvalue weighted by Crippen LogP contribution is 2.38. The Morgan fingerprint density at radius 3 is 2.44 bits per heavy atom. The molecule has 1 aliphatic rings. The molecule has 0 saturated carbocycles. The molecule has 4 nitrogen and oxygen atoms in total. The lowest BCUT2D eigenvalue weighted by Crippen LogP contribution is -2.14. The SMILES string of the molecule is COC(=O)c1cc(-c2ccc(C)cc2)cc(C2C(=O)Nc3ccccc32)c1. The first kappa shape index (κ1) is 17.0. The molecule has 1 amide bonds. The molecule has 0 saturated heterocycles. The van der Waals surface area contributed by atoms with E-state index >= 15 is 0 Å². The standard InChI is InChI=1S/C23H19NO3/c1-14-7-9-15(10-8-14)16-11-17(13-18(12-16)23(26)27-2)21-19-5-3-4-6-20(19)24-22(21)25/h3-13,21H,1-2H3,(H,24,25). The van der Waals surface area contributed by atoms with Crippen molar-refractivity contribution < 1.29 is 14.3 Å². The van der Waals surface area contributed by atoms with E-state index in [2.05, 4.69) is 5.32 Å². The van der Waals surface area contributed by atoms with Crippen LogP contribution in [0.15, 0.2) is 66.7 Å². The largest absolute Gasteiger partial charge is 0.465 e. The second-order valence-corrected chi connectivity index (χ2v) is 6.71. The van der Waals surface area contributed by atoms with Crippen molar-refractivity contribution in [3.05, 3.63) is 89.0 Å². The number of hydrogen-bond donors (Lipinski definition) is 1. The lowest BCUT2D eigenvalue weighted by Gasteiger charge is -2.14. The fraction of sp³-hybridized carbons (Fsp3) is 0.130. The predicted octanol–water partition coefficient (Wildman–Crippen LogP) is 4.53. The highest BCUT2D eigenvalue weighted by Gasteiger charge is 2.32. The highest BCUT2D eigenvalue weighted by molar-refractivity contribution is 6.05. The zero-order chi connectivity index (χ0) is 19.0. The molecule has 1 N–H and O–H groups in total. The maximum Gasteiger partial charge on any atom is 0.337 e. The molecule has 0 aromatic heterocycles. The van der Waals surface area contributed by atoms with Gasteiger partial charge in [-0.05, 0) is 53.4 Å². The summed E-state index contributed by atoms with van der Waals surface area (Å²) >= 11 is 0. The van der Waals surface area contributed by atoms with Crippen LogP contribution in [0.5, 0.6) is 0 Å². The van der Waals surface area contributed by atoms with Crippen LogP contribution in [0.4, 0.5) is 5.69 Å². The molecule has 3 aromatic rings. The van der Waals surface area contributed by atoms with Gasteiger partial charge >= 0.3 is 5.97 Å². The summed E-state index contributed by atoms with van der Waals surface area (Å²) in [7, 11) is 1.36. The summed E-state index contributed by atoms with van der Waals surface area (Å²) in [4.78, 5) is 24.9. The van der Waals surface area contributed by atoms with Crippen LogP contribution < -0.4 is 5.32 Å². The Balaban J connectivity index is 1.88. The molecule has 0 radical (unpaired) electrons. The van der Waals surface area contributed by atoms with Gasteiger partial charge in [0.05, 0.1) is 18.6 Å². The lowest BCUT2D eigenvalue weighted by atomic mass is 9.88. The molecule has 3 aromatic carbocycles. The van der Waals surface area contributed by atoms with Crippen LogP contribution in [0.3, 0.4) is 0 Å². The molecular formula is C23H19NO3. The molecule has 1 aliphatic heterocycles. The molecule has 27 heavy (non-hydrogen) atoms. The van der Waals surface area contributed by atoms with Crippen LogP contribution in [0.1, 0.15) is 33.0 Å². The average molecular weight is 357 g/mol. The van der Waals surface area contributed by atoms with Gasteiger partial charge in [0.15, 0.2) is 0 Å². The van der Waals surface area contributed by atoms with Gasteiger partial charge in [0.1, 0.15) is 0 Å². The van der Waals surface area contributed by atoms with E-state index in [0.717, 1.165) is 33.5 Å². The van der Waals surface area contributed by atoms with Crippen molar-refractivity contribution in [3.63, 3.8) is 0 Å². The number of carbonyl (C=O) groups excluding carboxylic acids is 2. The topological polar surface area (TPSA) is 55.4 Å². The molecule has 1 atom stereocenters. The Labute approximate surface area is 157 Å². The molecule has 1 unspecified atom stereocenters. The summed E-state index contributed by atoms with van der Waals surface area (Å²) in [6.07, 6.45) is 0. The maximum atomic E-state index is 12.6. The quantitative estimate of drug-likeness (QED) is 0.701. The second-order valence-electron chi connectivity index (χ2n) is 6.71. The number of benzene rings is 3. The van der Waals surface area contributed by atoms with Crippen LogP contribution in [0, 0.1) is 6.92 Å². The number of anilines is 1. The number of amides is 1. The Morgan fingerprint density at radius 1 is 0.963 bits per heavy atom. The van der Waals surface area contributed by atoms with Crippen LogP contribution in [-0.2, 0) is 9.53 Å². The summed E-state index contributed by atoms with van der Waals surface area (Å²) in [6, 6.07) is 21.2. The van der Waals surface area contributed by atoms with Crippen molar-refractivity contribution in [2.24, 2.45) is 0 Å². The number of aryl methyl sites for hydroxylation is 1. The third-order valence-corrected chi connectivity index (χ3v) is 4.89. The molecule has 1 heterocycles. The van der Waals surface area contributed by atoms with Crippen LogP contribution in [-0.4, -0.2) is 19.0 Å². The third-order valence-electron chi connectivity index (χ3n) is 4.89. The number of esters is 1. The number of nitrogens with one attached hydrogen (secondary N) is 1. The fourth-order valence-corrected chi connectivity index (χ4v) is 3.51. The normalized spacial score (nSPS) is 15.2. The predicted molar refractivity (Wildman–Crippen MR) is 105 cm³/mol. The van der Waals surface area contributed by atoms with Gasteiger partial charge in [-0.2, -0.15) is 0 Å². The first-order chi connectivity index (χ1) is 13.1. The third kappa shape index (κ3) is 3.10. The molecule has 0 bridgehead atoms. The average Bonchev–Trinajstić information content (AvgIpc) is 3.03. The Kier molecular flexibility index (Phi) is 4.24. The van der Waals surface area contributed by atoms with Crippen LogP contribution >= 0.6 is 0 Å². The second kappa shape index (κ2) is 6.72. The molecule has 4 heteroatoms. The monoisotopic (exact) mass is 357 g/mol. The smallest absolute Gasteiger partial charge is 0.337 e. The van der Waals surface area contributed by atoms with Gasteiger partial charge in [-0.15, -0.1) is 0 Å². The Morgan fingerprint density at radius 2 is 1.70 bits per heavy atom. The molecule has 134 valence electrons. The number of para-hydroxylation sites is 1. The van der Waals surface area contributed by atoms with E-state index < -0.39 is 11.9 Å². The Bertz CT molecular complexity index is 1040. The molecule has 4 rings (SSSR count). The minimum absolute atomic E-state index is 0.0897. The summed E-state index contributed by atoms with van der Waals surface area (Å²) in [6.45, 7) is 2.03. The Hall–Kier alpha value is -3.40. The molecular weight excluding hydrogens is 338 g/mol. The molecule has 0 fully saturated rings. The van der Waals surface area contributed by atoms with E-state index in [4.69, 9.17) is 4.74 Å². The minimum atomic E-state index is -0.449. The van der Waals surface area contributed by atoms with Crippen molar-refractivity contribution in [1.29, 1.82) is 0 Å². The minimum Gasteiger partial charge on any atom is -0.465 e. The number of hydrogen-bond acceptors (Lipinski definition) is 3. The summed E-state index contributed by atoms with van der Waals surface area (Å²) in [5.74, 6) is -0.958. The maximum absolute atomic E-state index is 12.6. The zero-order valence-electron chi connectivity index (χ0n) is 15.2. The number of ether oxygens (including phenoxy) is 1. The highest BCUT2D eigenvalue weighted by atomic mass is 16.5. The van der Waals surface area contributed by atoms with Crippen LogP contribution in [0.25, 0.3) is 11.1 Å². The molecule has 0 spiro atoms. The van der Waals surface area contributed by atoms with Crippen molar-refractivity contribution >= 4 is 17.6 Å². The van der Waals surface area contributed by atoms with Gasteiger partial charge in [0.25, 0.3) is 0 Å². The number of methoxy groups -OCH3 is 1. The van der Waals surface area contributed by atoms with Gasteiger partial charge in [-0.3, -0.25) is 4.79 Å². The lowest BCUT2D eigenvalue weighted by molar-refractivity contribution is -0.116. The number of carbonyl (C=O) groups is 2. The van der Waals surface area contributed by atoms with E-state index in [9.17, 15) is 9.59 Å². The summed E-state index contributed by atoms with van der Waals surface area (Å²) in [5.41, 5.74) is 5.96. The first-order valence-corrected chi connectivity index (χ1v) is 8.77. The summed E-state index contributed by atoms with van der Waals surface area (Å²) in [5, 5.41) is 2.92. The van der Waals surface area contributed by atoms with Gasteiger partial charge < -0.3 is 10.1 Å². The van der Waals surface area contributed by atoms with Crippen LogP contribution in [0.2, 0.25) is 0 Å². The fourth-order valence-electron chi connectivity index (χ4n) is 3.51. The number of fused-ring (bicyclic) bond motifs is 1. The van der Waals surface area contributed by atoms with E-state index in [1.165, 1.54) is 7.11 Å². The van der Waals surface area contributed by atoms with E-state index in [1.54, 1.807) is 12.1 Å². The summed E-state index contributed by atoms with van der Waals surface area (Å²) < 4.78 is 4.92. The van der Waals surface area contributed by atoms with Gasteiger partial charge in [0.2, 0.25) is 5.91 Å². The zero-order valence-corrected chi connectivity index (χ0v) is 15.2. The molecule has 0 aliphatic carbocycles.